The number of hydrogen-bond donors (Lipinski definition) is 0. The van der Waals surface area contributed by atoms with Crippen LogP contribution in [0.5, 0.6) is 0 Å². The summed E-state index contributed by atoms with van der Waals surface area (Å²) >= 11 is 0. The van der Waals surface area contributed by atoms with Crippen LogP contribution in [0.25, 0.3) is 39.0 Å². The van der Waals surface area contributed by atoms with Gasteiger partial charge in [0, 0.05) is 22.5 Å². The molecule has 0 fully saturated rings. The van der Waals surface area contributed by atoms with Crippen LogP contribution in [-0.4, -0.2) is 0 Å². The zero-order valence-corrected chi connectivity index (χ0v) is 38.7. The molecule has 0 saturated heterocycles. The third-order valence-corrected chi connectivity index (χ3v) is 11.7. The van der Waals surface area contributed by atoms with Gasteiger partial charge in [-0.15, -0.1) is 0 Å². The van der Waals surface area contributed by atoms with Gasteiger partial charge < -0.3 is 4.90 Å². The zero-order chi connectivity index (χ0) is 43.9. The number of anilines is 2. The smallest absolute Gasteiger partial charge is 0.0461 e. The van der Waals surface area contributed by atoms with Gasteiger partial charge in [-0.3, -0.25) is 0 Å². The minimum absolute atomic E-state index is 0.0298. The van der Waals surface area contributed by atoms with Crippen molar-refractivity contribution in [1.29, 1.82) is 0 Å². The molecular weight excluding hydrogens is 735 g/mol. The molecule has 0 spiro atoms. The Bertz CT molecular complexity index is 2480. The first-order valence-corrected chi connectivity index (χ1v) is 22.1. The van der Waals surface area contributed by atoms with Gasteiger partial charge in [0.05, 0.1) is 0 Å². The molecular formula is C60H67N. The molecule has 0 atom stereocenters. The maximum atomic E-state index is 2.40. The van der Waals surface area contributed by atoms with Crippen molar-refractivity contribution in [3.05, 3.63) is 221 Å². The molecule has 312 valence electrons. The summed E-state index contributed by atoms with van der Waals surface area (Å²) in [7, 11) is 0. The van der Waals surface area contributed by atoms with Crippen LogP contribution < -0.4 is 4.90 Å². The van der Waals surface area contributed by atoms with E-state index in [1.807, 2.05) is 19.9 Å². The lowest BCUT2D eigenvalue weighted by atomic mass is 9.82. The summed E-state index contributed by atoms with van der Waals surface area (Å²) in [5, 5.41) is 0. The molecule has 6 aromatic carbocycles. The average molecular weight is 802 g/mol. The predicted octanol–water partition coefficient (Wildman–Crippen LogP) is 17.8. The lowest BCUT2D eigenvalue weighted by molar-refractivity contribution is 0.659. The Labute approximate surface area is 369 Å². The summed E-state index contributed by atoms with van der Waals surface area (Å²) in [5.74, 6) is 0. The highest BCUT2D eigenvalue weighted by Crippen LogP contribution is 2.50. The van der Waals surface area contributed by atoms with Gasteiger partial charge in [0.1, 0.15) is 0 Å². The Morgan fingerprint density at radius 2 is 1.07 bits per heavy atom. The van der Waals surface area contributed by atoms with Crippen molar-refractivity contribution in [2.75, 3.05) is 4.90 Å². The minimum Gasteiger partial charge on any atom is -0.315 e. The van der Waals surface area contributed by atoms with Gasteiger partial charge in [-0.25, -0.2) is 0 Å². The van der Waals surface area contributed by atoms with Gasteiger partial charge in [-0.2, -0.15) is 0 Å². The van der Waals surface area contributed by atoms with Gasteiger partial charge >= 0.3 is 0 Å². The molecule has 1 aliphatic rings. The van der Waals surface area contributed by atoms with Gasteiger partial charge in [0.2, 0.25) is 0 Å². The molecule has 0 amide bonds. The second kappa shape index (κ2) is 21.9. The highest BCUT2D eigenvalue weighted by atomic mass is 15.1. The molecule has 0 unspecified atom stereocenters. The first-order valence-electron chi connectivity index (χ1n) is 22.1. The van der Waals surface area contributed by atoms with E-state index in [0.717, 1.165) is 0 Å². The van der Waals surface area contributed by atoms with Crippen LogP contribution in [0.15, 0.2) is 193 Å². The van der Waals surface area contributed by atoms with E-state index in [1.54, 1.807) is 0 Å². The van der Waals surface area contributed by atoms with Crippen LogP contribution in [0.2, 0.25) is 0 Å². The van der Waals surface area contributed by atoms with Crippen LogP contribution in [0.4, 0.5) is 11.4 Å². The van der Waals surface area contributed by atoms with E-state index in [2.05, 4.69) is 243 Å². The summed E-state index contributed by atoms with van der Waals surface area (Å²) in [5.41, 5.74) is 20.7. The molecule has 1 heteroatoms. The predicted molar refractivity (Wildman–Crippen MR) is 271 cm³/mol. The fraction of sp³-hybridized carbons (Fsp3) is 0.233. The molecule has 0 radical (unpaired) electrons. The van der Waals surface area contributed by atoms with E-state index in [1.165, 1.54) is 102 Å². The van der Waals surface area contributed by atoms with Crippen LogP contribution in [0.1, 0.15) is 103 Å². The van der Waals surface area contributed by atoms with Crippen molar-refractivity contribution >= 4 is 16.9 Å². The summed E-state index contributed by atoms with van der Waals surface area (Å²) in [4.78, 5) is 2.37. The van der Waals surface area contributed by atoms with E-state index in [9.17, 15) is 0 Å². The van der Waals surface area contributed by atoms with Crippen LogP contribution in [0, 0.1) is 6.92 Å². The zero-order valence-electron chi connectivity index (χ0n) is 38.7. The number of benzene rings is 6. The molecule has 0 aromatic heterocycles. The summed E-state index contributed by atoms with van der Waals surface area (Å²) in [6, 6.07) is 51.0. The summed E-state index contributed by atoms with van der Waals surface area (Å²) in [6.45, 7) is 23.7. The van der Waals surface area contributed by atoms with Gasteiger partial charge in [0.15, 0.2) is 0 Å². The number of fused-ring (bicyclic) bond motifs is 3. The quantitative estimate of drug-likeness (QED) is 0.125. The normalized spacial score (nSPS) is 13.3. The van der Waals surface area contributed by atoms with E-state index < -0.39 is 0 Å². The highest BCUT2D eigenvalue weighted by molar-refractivity contribution is 5.84. The van der Waals surface area contributed by atoms with Crippen LogP contribution >= 0.6 is 0 Å². The summed E-state index contributed by atoms with van der Waals surface area (Å²) < 4.78 is 0. The maximum Gasteiger partial charge on any atom is 0.0461 e. The lowest BCUT2D eigenvalue weighted by Gasteiger charge is -2.28. The Balaban J connectivity index is 0.000000261. The van der Waals surface area contributed by atoms with E-state index in [0.29, 0.717) is 0 Å². The first kappa shape index (κ1) is 45.9. The SMILES string of the molecule is C/C=C\C(=C/C)c1ccc(-c2ccc(N(/C(C)=C/C)c3ccc4c(c3)C(C)(C)c3cc(C)ccc3-4)cc2)cc1.C/C=C\C(C)=C/C.CCCc1ccc(-c2ccccc2)cc1. The van der Waals surface area contributed by atoms with E-state index in [-0.39, 0.29) is 5.41 Å². The van der Waals surface area contributed by atoms with Crippen molar-refractivity contribution in [2.24, 2.45) is 0 Å². The fourth-order valence-corrected chi connectivity index (χ4v) is 8.00. The standard InChI is InChI=1S/C38H39N.C15H16.C7H12/c1-8-11-28(10-3)29-13-15-30(16-14-29)31-17-19-32(20-18-31)39(27(5)9-2)33-21-23-35-34-22-12-26(4)24-36(34)38(6,7)37(35)25-33;1-2-6-13-9-11-15(12-10-13)14-7-4-3-5-8-14;1-4-6-7(3)5-2/h8-25H,1-7H3;3-5,7-12H,2,6H2,1H3;4-6H,1-3H3/b11-8-,27-9+,28-10+;;6-4-,7-5-. The van der Waals surface area contributed by atoms with E-state index in [4.69, 9.17) is 0 Å². The number of aryl methyl sites for hydroxylation is 2. The Morgan fingerprint density at radius 3 is 1.59 bits per heavy atom. The van der Waals surface area contributed by atoms with Crippen molar-refractivity contribution in [3.8, 4) is 33.4 Å². The van der Waals surface area contributed by atoms with Crippen molar-refractivity contribution in [2.45, 2.75) is 94.4 Å². The second-order valence-corrected chi connectivity index (χ2v) is 16.4. The number of allylic oxidation sites excluding steroid dienone is 10. The van der Waals surface area contributed by atoms with Gasteiger partial charge in [-0.05, 0) is 147 Å². The largest absolute Gasteiger partial charge is 0.315 e. The number of rotatable bonds is 10. The van der Waals surface area contributed by atoms with Crippen molar-refractivity contribution in [3.63, 3.8) is 0 Å². The summed E-state index contributed by atoms with van der Waals surface area (Å²) in [6.07, 6.45) is 17.2. The van der Waals surface area contributed by atoms with Gasteiger partial charge in [-0.1, -0.05) is 196 Å². The Hall–Kier alpha value is -6.18. The molecule has 1 aliphatic carbocycles. The van der Waals surface area contributed by atoms with Crippen LogP contribution in [0.3, 0.4) is 0 Å². The molecule has 6 aromatic rings. The third-order valence-electron chi connectivity index (χ3n) is 11.7. The molecule has 7 rings (SSSR count). The lowest BCUT2D eigenvalue weighted by Crippen LogP contribution is -2.18. The van der Waals surface area contributed by atoms with Crippen LogP contribution in [-0.2, 0) is 11.8 Å². The maximum absolute atomic E-state index is 2.40. The van der Waals surface area contributed by atoms with Crippen molar-refractivity contribution in [1.82, 2.24) is 0 Å². The molecule has 0 aliphatic heterocycles. The topological polar surface area (TPSA) is 3.24 Å². The molecule has 61 heavy (non-hydrogen) atoms. The van der Waals surface area contributed by atoms with Gasteiger partial charge in [0.25, 0.3) is 0 Å². The molecule has 0 saturated carbocycles. The molecule has 1 nitrogen and oxygen atoms in total. The number of hydrogen-bond acceptors (Lipinski definition) is 1. The average Bonchev–Trinajstić information content (AvgIpc) is 3.51. The third kappa shape index (κ3) is 11.4. The molecule has 0 N–H and O–H groups in total. The Morgan fingerprint density at radius 1 is 0.541 bits per heavy atom. The fourth-order valence-electron chi connectivity index (χ4n) is 8.00. The Kier molecular flexibility index (Phi) is 16.5. The first-order chi connectivity index (χ1) is 29.5. The molecule has 0 bridgehead atoms. The minimum atomic E-state index is -0.0298. The van der Waals surface area contributed by atoms with E-state index >= 15 is 0 Å². The second-order valence-electron chi connectivity index (χ2n) is 16.4. The monoisotopic (exact) mass is 802 g/mol. The number of nitrogens with zero attached hydrogens (tertiary/aromatic N) is 1. The molecule has 0 heterocycles. The van der Waals surface area contributed by atoms with Crippen molar-refractivity contribution < 1.29 is 0 Å². The highest BCUT2D eigenvalue weighted by Gasteiger charge is 2.36.